The maximum Gasteiger partial charge on any atom is 0.0682 e. The van der Waals surface area contributed by atoms with Crippen molar-refractivity contribution in [1.29, 1.82) is 0 Å². The molecule has 2 saturated heterocycles. The van der Waals surface area contributed by atoms with Crippen LogP contribution in [0.2, 0.25) is 0 Å². The van der Waals surface area contributed by atoms with Crippen molar-refractivity contribution >= 4 is 0 Å². The molecule has 1 aromatic heterocycles. The Hall–Kier alpha value is -1.69. The molecule has 25 heavy (non-hydrogen) atoms. The summed E-state index contributed by atoms with van der Waals surface area (Å²) in [5, 5.41) is 14.5. The van der Waals surface area contributed by atoms with E-state index in [0.29, 0.717) is 12.1 Å². The molecular formula is C20H28N4O. The number of benzene rings is 1. The molecule has 0 aliphatic carbocycles. The zero-order valence-corrected chi connectivity index (χ0v) is 15.4. The van der Waals surface area contributed by atoms with Crippen LogP contribution in [0.5, 0.6) is 0 Å². The highest BCUT2D eigenvalue weighted by molar-refractivity contribution is 5.37. The Morgan fingerprint density at radius 3 is 2.76 bits per heavy atom. The van der Waals surface area contributed by atoms with Gasteiger partial charge in [-0.15, -0.1) is 0 Å². The Morgan fingerprint density at radius 1 is 1.16 bits per heavy atom. The second-order valence-corrected chi connectivity index (χ2v) is 7.78. The lowest BCUT2D eigenvalue weighted by atomic mass is 10.1. The van der Waals surface area contributed by atoms with Crippen molar-refractivity contribution in [3.63, 3.8) is 0 Å². The van der Waals surface area contributed by atoms with Crippen LogP contribution in [0.4, 0.5) is 0 Å². The molecule has 0 unspecified atom stereocenters. The molecule has 4 rings (SSSR count). The van der Waals surface area contributed by atoms with Gasteiger partial charge in [0, 0.05) is 44.0 Å². The molecule has 3 atom stereocenters. The van der Waals surface area contributed by atoms with E-state index in [2.05, 4.69) is 59.1 Å². The predicted molar refractivity (Wildman–Crippen MR) is 98.9 cm³/mol. The standard InChI is InChI=1S/C20H28N4O/c1-14-7-15(2)24(21-14)18-6-4-5-17(8-18)11-22-12-19-9-20(25)13-23(19)10-16(22)3/h4-8,16,19-20,25H,9-13H2,1-3H3/t16-,19+,20+/m0/s1. The molecule has 1 aromatic carbocycles. The molecule has 5 nitrogen and oxygen atoms in total. The third-order valence-corrected chi connectivity index (χ3v) is 5.62. The van der Waals surface area contributed by atoms with Gasteiger partial charge in [-0.2, -0.15) is 5.10 Å². The molecule has 2 aliphatic heterocycles. The minimum Gasteiger partial charge on any atom is -0.392 e. The Bertz CT molecular complexity index is 756. The Labute approximate surface area is 149 Å². The fraction of sp³-hybridized carbons (Fsp3) is 0.550. The quantitative estimate of drug-likeness (QED) is 0.930. The molecule has 2 aliphatic rings. The van der Waals surface area contributed by atoms with Gasteiger partial charge in [0.25, 0.3) is 0 Å². The SMILES string of the molecule is Cc1cc(C)n(-c2cccc(CN3C[C@H]4C[C@@H](O)CN4C[C@@H]3C)c2)n1. The second-order valence-electron chi connectivity index (χ2n) is 7.78. The predicted octanol–water partition coefficient (Wildman–Crippen LogP) is 2.13. The van der Waals surface area contributed by atoms with Gasteiger partial charge in [-0.05, 0) is 51.0 Å². The molecule has 134 valence electrons. The first-order valence-electron chi connectivity index (χ1n) is 9.28. The lowest BCUT2D eigenvalue weighted by Gasteiger charge is -2.42. The summed E-state index contributed by atoms with van der Waals surface area (Å²) in [6.45, 7) is 10.3. The average molecular weight is 340 g/mol. The highest BCUT2D eigenvalue weighted by atomic mass is 16.3. The molecule has 0 bridgehead atoms. The monoisotopic (exact) mass is 340 g/mol. The van der Waals surface area contributed by atoms with E-state index in [1.54, 1.807) is 0 Å². The first-order valence-corrected chi connectivity index (χ1v) is 9.28. The third kappa shape index (κ3) is 3.36. The summed E-state index contributed by atoms with van der Waals surface area (Å²) in [7, 11) is 0. The van der Waals surface area contributed by atoms with Gasteiger partial charge in [0.15, 0.2) is 0 Å². The van der Waals surface area contributed by atoms with Gasteiger partial charge in [-0.25, -0.2) is 4.68 Å². The van der Waals surface area contributed by atoms with Crippen molar-refractivity contribution in [2.24, 2.45) is 0 Å². The highest BCUT2D eigenvalue weighted by Crippen LogP contribution is 2.26. The summed E-state index contributed by atoms with van der Waals surface area (Å²) in [5.41, 5.74) is 4.67. The lowest BCUT2D eigenvalue weighted by molar-refractivity contribution is 0.0528. The third-order valence-electron chi connectivity index (χ3n) is 5.62. The van der Waals surface area contributed by atoms with Crippen LogP contribution in [0.3, 0.4) is 0 Å². The number of rotatable bonds is 3. The normalized spacial score (nSPS) is 27.6. The zero-order chi connectivity index (χ0) is 17.6. The summed E-state index contributed by atoms with van der Waals surface area (Å²) < 4.78 is 2.02. The van der Waals surface area contributed by atoms with Gasteiger partial charge >= 0.3 is 0 Å². The number of nitrogens with zero attached hydrogens (tertiary/aromatic N) is 4. The summed E-state index contributed by atoms with van der Waals surface area (Å²) in [5.74, 6) is 0. The topological polar surface area (TPSA) is 44.5 Å². The maximum atomic E-state index is 9.94. The first-order chi connectivity index (χ1) is 12.0. The van der Waals surface area contributed by atoms with Crippen molar-refractivity contribution < 1.29 is 5.11 Å². The minimum absolute atomic E-state index is 0.147. The van der Waals surface area contributed by atoms with Gasteiger partial charge < -0.3 is 5.11 Å². The van der Waals surface area contributed by atoms with E-state index >= 15 is 0 Å². The van der Waals surface area contributed by atoms with E-state index in [1.165, 1.54) is 5.56 Å². The summed E-state index contributed by atoms with van der Waals surface area (Å²) in [4.78, 5) is 5.01. The molecule has 2 fully saturated rings. The Morgan fingerprint density at radius 2 is 2.00 bits per heavy atom. The summed E-state index contributed by atoms with van der Waals surface area (Å²) >= 11 is 0. The van der Waals surface area contributed by atoms with Gasteiger partial charge in [0.1, 0.15) is 0 Å². The molecule has 0 radical (unpaired) electrons. The summed E-state index contributed by atoms with van der Waals surface area (Å²) in [6.07, 6.45) is 0.765. The number of fused-ring (bicyclic) bond motifs is 1. The zero-order valence-electron chi connectivity index (χ0n) is 15.4. The lowest BCUT2D eigenvalue weighted by Crippen LogP contribution is -2.54. The van der Waals surface area contributed by atoms with E-state index in [4.69, 9.17) is 0 Å². The fourth-order valence-electron chi connectivity index (χ4n) is 4.41. The maximum absolute atomic E-state index is 9.94. The number of aliphatic hydroxyl groups is 1. The van der Waals surface area contributed by atoms with Crippen LogP contribution in [0.15, 0.2) is 30.3 Å². The number of aryl methyl sites for hydroxylation is 2. The fourth-order valence-corrected chi connectivity index (χ4v) is 4.41. The molecule has 0 saturated carbocycles. The molecular weight excluding hydrogens is 312 g/mol. The van der Waals surface area contributed by atoms with Gasteiger partial charge in [-0.1, -0.05) is 12.1 Å². The number of piperazine rings is 1. The van der Waals surface area contributed by atoms with Gasteiger partial charge in [0.05, 0.1) is 17.5 Å². The van der Waals surface area contributed by atoms with Gasteiger partial charge in [0.2, 0.25) is 0 Å². The van der Waals surface area contributed by atoms with Crippen LogP contribution in [-0.4, -0.2) is 62.5 Å². The number of aromatic nitrogens is 2. The number of aliphatic hydroxyl groups excluding tert-OH is 1. The number of hydrogen-bond acceptors (Lipinski definition) is 4. The highest BCUT2D eigenvalue weighted by Gasteiger charge is 2.37. The molecule has 3 heterocycles. The van der Waals surface area contributed by atoms with E-state index in [1.807, 2.05) is 11.6 Å². The minimum atomic E-state index is -0.147. The summed E-state index contributed by atoms with van der Waals surface area (Å²) in [6, 6.07) is 11.8. The van der Waals surface area contributed by atoms with Crippen molar-refractivity contribution in [2.45, 2.75) is 51.9 Å². The van der Waals surface area contributed by atoms with Crippen LogP contribution < -0.4 is 0 Å². The van der Waals surface area contributed by atoms with Crippen molar-refractivity contribution in [2.75, 3.05) is 19.6 Å². The Kier molecular flexibility index (Phi) is 4.40. The van der Waals surface area contributed by atoms with E-state index in [0.717, 1.165) is 49.7 Å². The van der Waals surface area contributed by atoms with Crippen molar-refractivity contribution in [3.8, 4) is 5.69 Å². The van der Waals surface area contributed by atoms with Crippen LogP contribution in [-0.2, 0) is 6.54 Å². The van der Waals surface area contributed by atoms with E-state index in [-0.39, 0.29) is 6.10 Å². The average Bonchev–Trinajstić information content (AvgIpc) is 3.08. The van der Waals surface area contributed by atoms with Crippen molar-refractivity contribution in [3.05, 3.63) is 47.3 Å². The molecule has 5 heteroatoms. The van der Waals surface area contributed by atoms with Crippen LogP contribution in [0.1, 0.15) is 30.3 Å². The van der Waals surface area contributed by atoms with E-state index < -0.39 is 0 Å². The van der Waals surface area contributed by atoms with Crippen LogP contribution in [0, 0.1) is 13.8 Å². The van der Waals surface area contributed by atoms with Crippen LogP contribution >= 0.6 is 0 Å². The van der Waals surface area contributed by atoms with Crippen molar-refractivity contribution in [1.82, 2.24) is 19.6 Å². The molecule has 0 amide bonds. The molecule has 0 spiro atoms. The Balaban J connectivity index is 1.51. The molecule has 2 aromatic rings. The molecule has 1 N–H and O–H groups in total. The number of hydrogen-bond donors (Lipinski definition) is 1. The van der Waals surface area contributed by atoms with Gasteiger partial charge in [-0.3, -0.25) is 9.80 Å². The second kappa shape index (κ2) is 6.56. The van der Waals surface area contributed by atoms with E-state index in [9.17, 15) is 5.11 Å². The largest absolute Gasteiger partial charge is 0.392 e. The smallest absolute Gasteiger partial charge is 0.0682 e. The van der Waals surface area contributed by atoms with Crippen LogP contribution in [0.25, 0.3) is 5.69 Å². The first kappa shape index (κ1) is 16.8.